The number of hydrogen-bond donors (Lipinski definition) is 3. The van der Waals surface area contributed by atoms with Crippen molar-refractivity contribution < 1.29 is 4.39 Å². The fraction of sp³-hybridized carbons (Fsp3) is 0.357. The highest BCUT2D eigenvalue weighted by Crippen LogP contribution is 2.32. The molecule has 3 aromatic heterocycles. The molecule has 6 nitrogen and oxygen atoms in total. The van der Waals surface area contributed by atoms with Crippen LogP contribution in [-0.2, 0) is 0 Å². The Balaban J connectivity index is 1.81. The van der Waals surface area contributed by atoms with Crippen LogP contribution in [0.2, 0.25) is 0 Å². The second-order valence-electron chi connectivity index (χ2n) is 5.48. The third kappa shape index (κ3) is 2.15. The fourth-order valence-electron chi connectivity index (χ4n) is 2.76. The lowest BCUT2D eigenvalue weighted by Gasteiger charge is -2.08. The lowest BCUT2D eigenvalue weighted by Crippen LogP contribution is -2.20. The SMILES string of the molecule is Cc1[nH]ncc1-c1cc2nc([C@@H]3C[C@@H](F)CN3)[nH]c(=O)c2s1. The van der Waals surface area contributed by atoms with Crippen molar-refractivity contribution in [2.75, 3.05) is 6.54 Å². The molecule has 1 aliphatic rings. The van der Waals surface area contributed by atoms with Gasteiger partial charge >= 0.3 is 0 Å². The average molecular weight is 319 g/mol. The van der Waals surface area contributed by atoms with Gasteiger partial charge in [-0.25, -0.2) is 9.37 Å². The number of halogens is 1. The van der Waals surface area contributed by atoms with Gasteiger partial charge in [0.25, 0.3) is 5.56 Å². The molecule has 0 aliphatic carbocycles. The highest BCUT2D eigenvalue weighted by molar-refractivity contribution is 7.22. The molecule has 0 unspecified atom stereocenters. The van der Waals surface area contributed by atoms with Crippen LogP contribution in [0.1, 0.15) is 24.0 Å². The molecule has 22 heavy (non-hydrogen) atoms. The third-order valence-electron chi connectivity index (χ3n) is 3.90. The minimum absolute atomic E-state index is 0.179. The summed E-state index contributed by atoms with van der Waals surface area (Å²) < 4.78 is 13.9. The summed E-state index contributed by atoms with van der Waals surface area (Å²) in [5, 5.41) is 9.93. The minimum atomic E-state index is -0.891. The van der Waals surface area contributed by atoms with E-state index in [1.165, 1.54) is 11.3 Å². The lowest BCUT2D eigenvalue weighted by molar-refractivity contribution is 0.355. The van der Waals surface area contributed by atoms with Gasteiger partial charge in [-0.3, -0.25) is 9.89 Å². The van der Waals surface area contributed by atoms with Gasteiger partial charge in [0.05, 0.1) is 17.8 Å². The Morgan fingerprint density at radius 3 is 3.00 bits per heavy atom. The largest absolute Gasteiger partial charge is 0.308 e. The molecule has 3 N–H and O–H groups in total. The molecule has 8 heteroatoms. The number of alkyl halides is 1. The highest BCUT2D eigenvalue weighted by Gasteiger charge is 2.27. The standard InChI is InChI=1S/C14H14FN5OS/c1-6-8(5-17-20-6)11-3-9-12(22-11)14(21)19-13(18-9)10-2-7(15)4-16-10/h3,5,7,10,16H,2,4H2,1H3,(H,17,20)(H,18,19,21)/t7-,10+/m1/s1. The monoisotopic (exact) mass is 319 g/mol. The maximum atomic E-state index is 13.3. The number of rotatable bonds is 2. The quantitative estimate of drug-likeness (QED) is 0.675. The number of aromatic amines is 2. The molecule has 0 amide bonds. The summed E-state index contributed by atoms with van der Waals surface area (Å²) in [6.45, 7) is 2.23. The summed E-state index contributed by atoms with van der Waals surface area (Å²) in [5.74, 6) is 0.505. The van der Waals surface area contributed by atoms with Crippen molar-refractivity contribution in [1.82, 2.24) is 25.5 Å². The van der Waals surface area contributed by atoms with E-state index < -0.39 is 6.17 Å². The Labute approximate surface area is 128 Å². The molecule has 0 radical (unpaired) electrons. The van der Waals surface area contributed by atoms with Crippen molar-refractivity contribution in [2.24, 2.45) is 0 Å². The summed E-state index contributed by atoms with van der Waals surface area (Å²) in [4.78, 5) is 20.5. The molecule has 0 aromatic carbocycles. The summed E-state index contributed by atoms with van der Waals surface area (Å²) in [6, 6.07) is 1.66. The summed E-state index contributed by atoms with van der Waals surface area (Å²) in [6.07, 6.45) is 1.19. The van der Waals surface area contributed by atoms with Gasteiger partial charge in [-0.2, -0.15) is 5.10 Å². The zero-order chi connectivity index (χ0) is 15.3. The van der Waals surface area contributed by atoms with Gasteiger partial charge in [0.2, 0.25) is 0 Å². The number of nitrogens with one attached hydrogen (secondary N) is 3. The first-order chi connectivity index (χ1) is 10.6. The molecule has 0 bridgehead atoms. The molecule has 2 atom stereocenters. The molecule has 4 heterocycles. The van der Waals surface area contributed by atoms with Gasteiger partial charge in [-0.05, 0) is 13.0 Å². The first kappa shape index (κ1) is 13.6. The zero-order valence-corrected chi connectivity index (χ0v) is 12.6. The first-order valence-corrected chi connectivity index (χ1v) is 7.85. The molecule has 114 valence electrons. The molecule has 4 rings (SSSR count). The Hall–Kier alpha value is -2.06. The lowest BCUT2D eigenvalue weighted by atomic mass is 10.2. The van der Waals surface area contributed by atoms with Crippen LogP contribution >= 0.6 is 11.3 Å². The van der Waals surface area contributed by atoms with Crippen LogP contribution in [0.3, 0.4) is 0 Å². The molecule has 1 aliphatic heterocycles. The van der Waals surface area contributed by atoms with Crippen LogP contribution in [0.4, 0.5) is 4.39 Å². The summed E-state index contributed by atoms with van der Waals surface area (Å²) in [5.41, 5.74) is 2.37. The van der Waals surface area contributed by atoms with E-state index in [2.05, 4.69) is 25.5 Å². The number of fused-ring (bicyclic) bond motifs is 1. The van der Waals surface area contributed by atoms with E-state index in [1.54, 1.807) is 6.20 Å². The molecule has 0 saturated carbocycles. The second-order valence-corrected chi connectivity index (χ2v) is 6.53. The van der Waals surface area contributed by atoms with E-state index in [-0.39, 0.29) is 11.6 Å². The summed E-state index contributed by atoms with van der Waals surface area (Å²) >= 11 is 1.39. The third-order valence-corrected chi connectivity index (χ3v) is 5.06. The number of H-pyrrole nitrogens is 2. The maximum absolute atomic E-state index is 13.3. The van der Waals surface area contributed by atoms with Crippen molar-refractivity contribution in [3.63, 3.8) is 0 Å². The van der Waals surface area contributed by atoms with Gasteiger partial charge < -0.3 is 10.3 Å². The van der Waals surface area contributed by atoms with Crippen LogP contribution in [0, 0.1) is 6.92 Å². The Kier molecular flexibility index (Phi) is 3.08. The predicted molar refractivity (Wildman–Crippen MR) is 82.8 cm³/mol. The number of nitrogens with zero attached hydrogens (tertiary/aromatic N) is 2. The van der Waals surface area contributed by atoms with Gasteiger partial charge in [-0.1, -0.05) is 0 Å². The van der Waals surface area contributed by atoms with Crippen LogP contribution in [0.25, 0.3) is 20.7 Å². The van der Waals surface area contributed by atoms with Crippen LogP contribution in [0.15, 0.2) is 17.1 Å². The van der Waals surface area contributed by atoms with Crippen molar-refractivity contribution >= 4 is 21.6 Å². The van der Waals surface area contributed by atoms with E-state index in [9.17, 15) is 9.18 Å². The summed E-state index contributed by atoms with van der Waals surface area (Å²) in [7, 11) is 0. The number of hydrogen-bond acceptors (Lipinski definition) is 5. The van der Waals surface area contributed by atoms with Crippen LogP contribution in [0.5, 0.6) is 0 Å². The number of aromatic nitrogens is 4. The zero-order valence-electron chi connectivity index (χ0n) is 11.8. The van der Waals surface area contributed by atoms with Gasteiger partial charge in [-0.15, -0.1) is 11.3 Å². The van der Waals surface area contributed by atoms with E-state index in [0.29, 0.717) is 29.0 Å². The molecule has 1 fully saturated rings. The van der Waals surface area contributed by atoms with Crippen LogP contribution in [-0.4, -0.2) is 32.9 Å². The second kappa shape index (κ2) is 4.99. The maximum Gasteiger partial charge on any atom is 0.268 e. The van der Waals surface area contributed by atoms with E-state index >= 15 is 0 Å². The molecular formula is C14H14FN5OS. The van der Waals surface area contributed by atoms with Crippen molar-refractivity contribution in [3.8, 4) is 10.4 Å². The van der Waals surface area contributed by atoms with Crippen molar-refractivity contribution in [1.29, 1.82) is 0 Å². The van der Waals surface area contributed by atoms with E-state index in [1.807, 2.05) is 13.0 Å². The van der Waals surface area contributed by atoms with Gasteiger partial charge in [0.1, 0.15) is 16.7 Å². The first-order valence-electron chi connectivity index (χ1n) is 7.03. The Morgan fingerprint density at radius 2 is 2.32 bits per heavy atom. The molecule has 0 spiro atoms. The minimum Gasteiger partial charge on any atom is -0.308 e. The Morgan fingerprint density at radius 1 is 1.45 bits per heavy atom. The van der Waals surface area contributed by atoms with E-state index in [4.69, 9.17) is 0 Å². The van der Waals surface area contributed by atoms with Gasteiger partial charge in [0.15, 0.2) is 0 Å². The molecule has 3 aromatic rings. The van der Waals surface area contributed by atoms with E-state index in [0.717, 1.165) is 16.1 Å². The van der Waals surface area contributed by atoms with Gasteiger partial charge in [0, 0.05) is 29.1 Å². The highest BCUT2D eigenvalue weighted by atomic mass is 32.1. The van der Waals surface area contributed by atoms with Crippen molar-refractivity contribution in [2.45, 2.75) is 25.6 Å². The normalized spacial score (nSPS) is 21.7. The fourth-order valence-corrected chi connectivity index (χ4v) is 3.81. The predicted octanol–water partition coefficient (Wildman–Crippen LogP) is 2.06. The number of thiophene rings is 1. The average Bonchev–Trinajstić information content (AvgIpc) is 3.17. The van der Waals surface area contributed by atoms with Crippen LogP contribution < -0.4 is 10.9 Å². The smallest absolute Gasteiger partial charge is 0.268 e. The van der Waals surface area contributed by atoms with Crippen molar-refractivity contribution in [3.05, 3.63) is 34.1 Å². The number of aryl methyl sites for hydroxylation is 1. The molecule has 1 saturated heterocycles. The Bertz CT molecular complexity index is 898. The topological polar surface area (TPSA) is 86.5 Å². The molecular weight excluding hydrogens is 305 g/mol.